The van der Waals surface area contributed by atoms with E-state index in [2.05, 4.69) is 69.0 Å². The van der Waals surface area contributed by atoms with Crippen LogP contribution >= 0.6 is 0 Å². The van der Waals surface area contributed by atoms with Crippen LogP contribution < -0.4 is 85.5 Å². The van der Waals surface area contributed by atoms with Crippen LogP contribution in [0.4, 0.5) is 0 Å². The molecule has 0 saturated heterocycles. The smallest absolute Gasteiger partial charge is 0.870 e. The van der Waals surface area contributed by atoms with Crippen LogP contribution in [0.3, 0.4) is 0 Å². The van der Waals surface area contributed by atoms with Gasteiger partial charge in [0.2, 0.25) is 0 Å². The van der Waals surface area contributed by atoms with Gasteiger partial charge in [-0.05, 0) is 242 Å². The van der Waals surface area contributed by atoms with Crippen molar-refractivity contribution in [1.82, 2.24) is 0 Å². The maximum Gasteiger partial charge on any atom is 1.00 e. The third-order valence-corrected chi connectivity index (χ3v) is 20.7. The van der Waals surface area contributed by atoms with Crippen molar-refractivity contribution in [3.05, 3.63) is 242 Å². The van der Waals surface area contributed by atoms with Gasteiger partial charge in [0.05, 0.1) is 42.7 Å². The summed E-state index contributed by atoms with van der Waals surface area (Å²) in [4.78, 5) is 68.1. The summed E-state index contributed by atoms with van der Waals surface area (Å²) in [5.41, 5.74) is 25.4. The fourth-order valence-corrected chi connectivity index (χ4v) is 14.1. The van der Waals surface area contributed by atoms with E-state index in [9.17, 15) is 28.8 Å². The van der Waals surface area contributed by atoms with Crippen LogP contribution in [0, 0.1) is 0 Å². The van der Waals surface area contributed by atoms with Crippen molar-refractivity contribution in [3.63, 3.8) is 0 Å². The van der Waals surface area contributed by atoms with Gasteiger partial charge in [0.1, 0.15) is 51.8 Å². The van der Waals surface area contributed by atoms with Crippen LogP contribution in [0.25, 0.3) is 5.57 Å². The molecule has 0 radical (unpaired) electrons. The first-order valence-corrected chi connectivity index (χ1v) is 36.0. The molecule has 548 valence electrons. The average molecular weight is 1440 g/mol. The molecule has 7 aromatic rings. The minimum Gasteiger partial charge on any atom is -0.870 e. The zero-order valence-corrected chi connectivity index (χ0v) is 67.3. The van der Waals surface area contributed by atoms with Crippen molar-refractivity contribution in [1.29, 1.82) is 0 Å². The quantitative estimate of drug-likeness (QED) is 0.105. The number of allylic oxidation sites excluding steroid dienone is 5. The molecule has 5 unspecified atom stereocenters. The molecule has 7 aromatic carbocycles. The Morgan fingerprint density at radius 2 is 0.894 bits per heavy atom. The summed E-state index contributed by atoms with van der Waals surface area (Å²) in [6.07, 6.45) is 17.6. The molecule has 5 atom stereocenters. The zero-order chi connectivity index (χ0) is 74.2. The van der Waals surface area contributed by atoms with Crippen molar-refractivity contribution in [2.45, 2.75) is 187 Å². The molecule has 0 aromatic heterocycles. The number of fused-ring (bicyclic) bond motifs is 8. The number of carbonyl (C=O) groups excluding carboxylic acids is 6. The summed E-state index contributed by atoms with van der Waals surface area (Å²) >= 11 is 0. The van der Waals surface area contributed by atoms with Gasteiger partial charge in [-0.15, -0.1) is 0 Å². The average Bonchev–Trinajstić information content (AvgIpc) is 0.739. The van der Waals surface area contributed by atoms with E-state index in [0.29, 0.717) is 61.7 Å². The van der Waals surface area contributed by atoms with Crippen LogP contribution in [0.2, 0.25) is 0 Å². The van der Waals surface area contributed by atoms with E-state index in [1.807, 2.05) is 139 Å². The fraction of sp³-hybridized carbons (Fsp3) is 0.393. The Kier molecular flexibility index (Phi) is 35.3. The normalized spacial score (nSPS) is 18.3. The Morgan fingerprint density at radius 1 is 0.500 bits per heavy atom. The third-order valence-electron chi connectivity index (χ3n) is 20.7. The fourth-order valence-electron chi connectivity index (χ4n) is 14.1. The van der Waals surface area contributed by atoms with E-state index in [-0.39, 0.29) is 97.6 Å². The molecule has 0 saturated carbocycles. The number of rotatable bonds is 9. The van der Waals surface area contributed by atoms with Crippen molar-refractivity contribution < 1.29 is 114 Å². The first-order chi connectivity index (χ1) is 48.9. The second-order valence-electron chi connectivity index (χ2n) is 27.1. The van der Waals surface area contributed by atoms with E-state index in [0.717, 1.165) is 126 Å². The number of aryl methyl sites for hydroxylation is 6. The first-order valence-electron chi connectivity index (χ1n) is 36.0. The van der Waals surface area contributed by atoms with Gasteiger partial charge in [-0.25, -0.2) is 0 Å². The molecule has 3 N–H and O–H groups in total. The molecule has 0 fully saturated rings. The molecule has 0 bridgehead atoms. The molecule has 14 rings (SSSR count). The Hall–Kier alpha value is -7.86. The summed E-state index contributed by atoms with van der Waals surface area (Å²) in [6.45, 7) is 19.4. The van der Waals surface area contributed by atoms with Crippen molar-refractivity contribution >= 4 is 40.3 Å². The van der Waals surface area contributed by atoms with Crippen LogP contribution in [0.1, 0.15) is 221 Å². The minimum absolute atomic E-state index is 0. The summed E-state index contributed by atoms with van der Waals surface area (Å²) in [5.74, 6) is 6.96. The van der Waals surface area contributed by atoms with Gasteiger partial charge in [0, 0.05) is 73.3 Å². The predicted octanol–water partition coefficient (Wildman–Crippen LogP) is 15.5. The van der Waals surface area contributed by atoms with Crippen molar-refractivity contribution in [2.75, 3.05) is 42.7 Å². The minimum atomic E-state index is 0. The monoisotopic (exact) mass is 1440 g/mol. The number of ether oxygens (including phenoxy) is 6. The van der Waals surface area contributed by atoms with Gasteiger partial charge < -0.3 is 39.6 Å². The second-order valence-corrected chi connectivity index (χ2v) is 27.1. The molecule has 7 aliphatic carbocycles. The van der Waals surface area contributed by atoms with E-state index >= 15 is 0 Å². The number of nitrogens with two attached hydrogens (primary N) is 1. The molecule has 0 spiro atoms. The molecule has 0 heterocycles. The molecular formula is C89H108KNO13. The first kappa shape index (κ1) is 86.8. The standard InChI is InChI=1S/C17H20O2.3C12H14O2.C12H14O.C11H12O2.C8H11N.C5H8O.K.H2O/c1-11-14-7-5-12-4-6-13(19-3)10-15(12)17(14,2)9-8-16(11)18;3*1-8-11-7-10(14-2)5-3-9(11)4-6-12(8)13;1-9-4-3-5-10-6-7-11(13-2)8-12(9)10;1-13-9-6-5-8-3-2-4-11(12)10(8)7-9;1-7(9)8-5-3-2-4-6-8;1-3-5(6)4-2;;/h4,6,10H,5,7-9H2,1-3H3;3*3,5,7-8H,4,6H2,1-2H3;4,6-8H,3,5H2,1-2H3;5-7H,2-4H2,1H3;2-7H,9H2,1H3;3H,1,4H2,2H3;;1H2/q;;;;;;;;+1;/p-1. The third kappa shape index (κ3) is 23.1. The molecule has 15 heteroatoms. The predicted molar refractivity (Wildman–Crippen MR) is 412 cm³/mol. The van der Waals surface area contributed by atoms with E-state index in [1.54, 1.807) is 42.7 Å². The van der Waals surface area contributed by atoms with Crippen molar-refractivity contribution in [3.8, 4) is 34.5 Å². The molecule has 0 amide bonds. The van der Waals surface area contributed by atoms with Gasteiger partial charge in [-0.1, -0.05) is 120 Å². The number of ketones is 6. The second kappa shape index (κ2) is 42.3. The SMILES string of the molecule is C=CC(=O)CC.CC(N)c1ccccc1.COc1ccc2c(c1)C(=O)CCC2.COc1ccc2c(c1)C(C)=CCC2.COc1ccc2c(c1)C(C)C(=O)CC2.COc1ccc2c(c1)C(C)C(=O)CC2.COc1ccc2c(c1)C(C)C(=O)CC2.COc1ccc2c(c1)C1(C)CCC(=O)C(C)=C1CC2.[K+].[OH-]. The summed E-state index contributed by atoms with van der Waals surface area (Å²) < 4.78 is 31.1. The summed E-state index contributed by atoms with van der Waals surface area (Å²) in [7, 11) is 9.99. The summed E-state index contributed by atoms with van der Waals surface area (Å²) in [6, 6.07) is 46.7. The Labute approximate surface area is 660 Å². The molecule has 7 aliphatic rings. The molecule has 14 nitrogen and oxygen atoms in total. The Bertz CT molecular complexity index is 3980. The van der Waals surface area contributed by atoms with Crippen LogP contribution in [-0.2, 0) is 67.9 Å². The summed E-state index contributed by atoms with van der Waals surface area (Å²) in [5, 5.41) is 0. The molecular weight excluding hydrogens is 1330 g/mol. The topological polar surface area (TPSA) is 214 Å². The van der Waals surface area contributed by atoms with Gasteiger partial charge in [0.25, 0.3) is 0 Å². The number of hydrogen-bond acceptors (Lipinski definition) is 14. The number of hydrogen-bond donors (Lipinski definition) is 1. The van der Waals surface area contributed by atoms with Gasteiger partial charge in [0.15, 0.2) is 17.3 Å². The number of methoxy groups -OCH3 is 6. The van der Waals surface area contributed by atoms with E-state index in [4.69, 9.17) is 34.2 Å². The number of carbonyl (C=O) groups is 6. The van der Waals surface area contributed by atoms with Gasteiger partial charge in [-0.3, -0.25) is 28.8 Å². The number of benzene rings is 7. The Balaban J connectivity index is 0.000000216. The molecule has 0 aliphatic heterocycles. The van der Waals surface area contributed by atoms with Crippen LogP contribution in [0.15, 0.2) is 169 Å². The van der Waals surface area contributed by atoms with Crippen LogP contribution in [-0.4, -0.2) is 82.8 Å². The number of Topliss-reactive ketones (excluding diaryl/α,β-unsaturated/α-hetero) is 5. The van der Waals surface area contributed by atoms with Crippen LogP contribution in [0.5, 0.6) is 34.5 Å². The maximum absolute atomic E-state index is 11.9. The largest absolute Gasteiger partial charge is 1.00 e. The molecule has 104 heavy (non-hydrogen) atoms. The maximum atomic E-state index is 11.9. The zero-order valence-electron chi connectivity index (χ0n) is 64.2. The van der Waals surface area contributed by atoms with Crippen molar-refractivity contribution in [2.24, 2.45) is 5.73 Å². The van der Waals surface area contributed by atoms with Gasteiger partial charge >= 0.3 is 51.4 Å². The van der Waals surface area contributed by atoms with E-state index in [1.165, 1.54) is 68.2 Å². The Morgan fingerprint density at radius 3 is 1.30 bits per heavy atom. The van der Waals surface area contributed by atoms with E-state index < -0.39 is 0 Å². The van der Waals surface area contributed by atoms with Gasteiger partial charge in [-0.2, -0.15) is 0 Å².